The Labute approximate surface area is 207 Å². The number of aliphatic hydroxyl groups is 2. The van der Waals surface area contributed by atoms with E-state index < -0.39 is 0 Å². The van der Waals surface area contributed by atoms with Gasteiger partial charge in [0.2, 0.25) is 6.41 Å². The van der Waals surface area contributed by atoms with Gasteiger partial charge in [-0.05, 0) is 41.5 Å². The van der Waals surface area contributed by atoms with Crippen molar-refractivity contribution >= 4 is 50.2 Å². The number of aromatic nitrogens is 2. The van der Waals surface area contributed by atoms with Gasteiger partial charge in [-0.25, -0.2) is 9.97 Å². The van der Waals surface area contributed by atoms with Gasteiger partial charge in [0.15, 0.2) is 0 Å². The molecule has 35 heavy (non-hydrogen) atoms. The molecule has 0 fully saturated rings. The van der Waals surface area contributed by atoms with Crippen LogP contribution in [0.25, 0.3) is 21.5 Å². The van der Waals surface area contributed by atoms with Crippen LogP contribution < -0.4 is 5.73 Å². The monoisotopic (exact) mass is 488 g/mol. The fourth-order valence-electron chi connectivity index (χ4n) is 4.07. The van der Waals surface area contributed by atoms with Gasteiger partial charge in [-0.2, -0.15) is 0 Å². The summed E-state index contributed by atoms with van der Waals surface area (Å²) < 4.78 is 0. The zero-order valence-corrected chi connectivity index (χ0v) is 20.5. The Morgan fingerprint density at radius 3 is 2.49 bits per heavy atom. The van der Waals surface area contributed by atoms with Crippen molar-refractivity contribution in [1.82, 2.24) is 14.9 Å². The summed E-state index contributed by atoms with van der Waals surface area (Å²) in [4.78, 5) is 22.5. The van der Waals surface area contributed by atoms with Crippen LogP contribution >= 0.6 is 11.4 Å². The molecule has 0 aliphatic carbocycles. The van der Waals surface area contributed by atoms with Crippen molar-refractivity contribution in [2.24, 2.45) is 0 Å². The van der Waals surface area contributed by atoms with Crippen molar-refractivity contribution in [3.05, 3.63) is 88.3 Å². The molecule has 0 atom stereocenters. The molecule has 8 heteroatoms. The lowest BCUT2D eigenvalue weighted by Crippen LogP contribution is -2.22. The quantitative estimate of drug-likeness (QED) is 0.126. The fraction of sp³-hybridized carbons (Fsp3) is 0.185. The number of allylic oxidation sites excluding steroid dienone is 1. The van der Waals surface area contributed by atoms with Crippen molar-refractivity contribution in [2.45, 2.75) is 26.8 Å². The van der Waals surface area contributed by atoms with E-state index >= 15 is 0 Å². The van der Waals surface area contributed by atoms with E-state index in [1.165, 1.54) is 4.90 Å². The molecule has 180 valence electrons. The Kier molecular flexibility index (Phi) is 7.55. The molecule has 0 spiro atoms. The summed E-state index contributed by atoms with van der Waals surface area (Å²) in [6.45, 7) is 3.61. The first kappa shape index (κ1) is 24.5. The summed E-state index contributed by atoms with van der Waals surface area (Å²) in [6.07, 6.45) is 2.62. The predicted molar refractivity (Wildman–Crippen MR) is 144 cm³/mol. The number of anilines is 1. The number of fused-ring (bicyclic) bond motifs is 3. The fourth-order valence-corrected chi connectivity index (χ4v) is 5.13. The van der Waals surface area contributed by atoms with Crippen LogP contribution in [0.1, 0.15) is 30.3 Å². The normalized spacial score (nSPS) is 12.9. The maximum atomic E-state index is 12.0. The van der Waals surface area contributed by atoms with Gasteiger partial charge in [0.25, 0.3) is 0 Å². The number of benzene rings is 3. The highest BCUT2D eigenvalue weighted by molar-refractivity contribution is 8.02. The molecule has 0 saturated carbocycles. The van der Waals surface area contributed by atoms with Crippen molar-refractivity contribution in [3.8, 4) is 0 Å². The first-order valence-corrected chi connectivity index (χ1v) is 12.1. The van der Waals surface area contributed by atoms with E-state index in [9.17, 15) is 15.0 Å². The van der Waals surface area contributed by atoms with Crippen molar-refractivity contribution in [1.29, 1.82) is 0 Å². The van der Waals surface area contributed by atoms with Crippen LogP contribution in [-0.2, 0) is 11.3 Å². The molecule has 7 nitrogen and oxygen atoms in total. The number of hydrogen-bond acceptors (Lipinski definition) is 5. The first-order valence-electron chi connectivity index (χ1n) is 11.2. The van der Waals surface area contributed by atoms with E-state index in [-0.39, 0.29) is 18.2 Å². The lowest BCUT2D eigenvalue weighted by molar-refractivity contribution is -0.116. The molecule has 0 saturated heterocycles. The van der Waals surface area contributed by atoms with Crippen LogP contribution in [0.3, 0.4) is 0 Å². The van der Waals surface area contributed by atoms with Crippen LogP contribution in [0.4, 0.5) is 5.82 Å². The third-order valence-corrected chi connectivity index (χ3v) is 7.20. The van der Waals surface area contributed by atoms with Crippen molar-refractivity contribution in [2.75, 3.05) is 12.3 Å². The van der Waals surface area contributed by atoms with Gasteiger partial charge in [-0.1, -0.05) is 48.5 Å². The number of nitrogen functional groups attached to an aromatic ring is 1. The number of hydrogen-bond donors (Lipinski definition) is 4. The first-order chi connectivity index (χ1) is 16.9. The minimum Gasteiger partial charge on any atom is -0.396 e. The molecule has 1 aromatic heterocycles. The van der Waals surface area contributed by atoms with Crippen LogP contribution in [0.2, 0.25) is 0 Å². The summed E-state index contributed by atoms with van der Waals surface area (Å²) >= 11 is 0.510. The van der Waals surface area contributed by atoms with Crippen molar-refractivity contribution < 1.29 is 15.0 Å². The number of nitrogens with zero attached hydrogens (tertiary/aromatic N) is 3. The highest BCUT2D eigenvalue weighted by Crippen LogP contribution is 2.31. The Morgan fingerprint density at radius 2 is 1.80 bits per heavy atom. The number of thiol groups is 1. The molecule has 3 aromatic carbocycles. The van der Waals surface area contributed by atoms with Crippen LogP contribution in [-0.4, -0.2) is 43.1 Å². The van der Waals surface area contributed by atoms with Crippen LogP contribution in [0.5, 0.6) is 0 Å². The summed E-state index contributed by atoms with van der Waals surface area (Å²) in [6, 6.07) is 18.0. The standard InChI is InChI=1S/C27H28N4O3S/c1-17(31(16-33)15-20-14-29-18(2)30-26(20)28)25(11-12-32)35-27(34)24-13-19-7-3-4-8-21(19)22-9-5-6-10-23(22)24/h3-10,13-14,16,32,34-35H,11-12,15H2,1-2H3,(H2,28,29,30)/b25-17-. The van der Waals surface area contributed by atoms with Gasteiger partial charge in [0.05, 0.1) is 6.54 Å². The second kappa shape index (κ2) is 10.8. The largest absolute Gasteiger partial charge is 0.396 e. The lowest BCUT2D eigenvalue weighted by Gasteiger charge is -2.21. The predicted octanol–water partition coefficient (Wildman–Crippen LogP) is 4.45. The molecule has 0 radical (unpaired) electrons. The molecule has 0 unspecified atom stereocenters. The number of aliphatic hydroxyl groups excluding tert-OH is 2. The summed E-state index contributed by atoms with van der Waals surface area (Å²) in [5, 5.41) is 25.3. The third kappa shape index (κ3) is 5.24. The van der Waals surface area contributed by atoms with E-state index in [0.717, 1.165) is 32.0 Å². The molecule has 4 N–H and O–H groups in total. The molecule has 4 rings (SSSR count). The van der Waals surface area contributed by atoms with Gasteiger partial charge in [-0.15, -0.1) is 11.4 Å². The lowest BCUT2D eigenvalue weighted by atomic mass is 9.98. The second-order valence-corrected chi connectivity index (χ2v) is 9.38. The molecule has 0 bridgehead atoms. The van der Waals surface area contributed by atoms with Gasteiger partial charge in [0.1, 0.15) is 16.7 Å². The smallest absolute Gasteiger partial charge is 0.214 e. The molecule has 1 heterocycles. The van der Waals surface area contributed by atoms with Gasteiger partial charge in [0, 0.05) is 41.0 Å². The number of rotatable bonds is 8. The average Bonchev–Trinajstić information content (AvgIpc) is 2.87. The van der Waals surface area contributed by atoms with E-state index in [1.54, 1.807) is 20.0 Å². The number of nitrogens with two attached hydrogens (primary N) is 1. The topological polar surface area (TPSA) is 113 Å². The number of carbonyl (C=O) groups excluding carboxylic acids is 1. The number of amides is 1. The summed E-state index contributed by atoms with van der Waals surface area (Å²) in [5.41, 5.74) is 7.99. The van der Waals surface area contributed by atoms with Gasteiger partial charge < -0.3 is 20.8 Å². The molecule has 0 aliphatic heterocycles. The average molecular weight is 489 g/mol. The molecular formula is C27H28N4O3S. The SMILES string of the molecule is C/C(=C(CCO)/[SH]=C(\O)c1cc2ccccc2c2ccccc12)N(C=O)Cc1cnc(C)nc1N. The summed E-state index contributed by atoms with van der Waals surface area (Å²) in [7, 11) is 0. The van der Waals surface area contributed by atoms with Crippen molar-refractivity contribution in [3.63, 3.8) is 0 Å². The van der Waals surface area contributed by atoms with Gasteiger partial charge >= 0.3 is 0 Å². The molecular weight excluding hydrogens is 460 g/mol. The Hall–Kier alpha value is -3.59. The zero-order chi connectivity index (χ0) is 24.9. The molecule has 0 aliphatic rings. The van der Waals surface area contributed by atoms with E-state index in [4.69, 9.17) is 5.73 Å². The highest BCUT2D eigenvalue weighted by Gasteiger charge is 2.15. The van der Waals surface area contributed by atoms with Crippen LogP contribution in [0, 0.1) is 6.92 Å². The minimum absolute atomic E-state index is 0.117. The Morgan fingerprint density at radius 1 is 1.11 bits per heavy atom. The van der Waals surface area contributed by atoms with E-state index in [2.05, 4.69) is 16.0 Å². The maximum Gasteiger partial charge on any atom is 0.214 e. The molecule has 4 aromatic rings. The Bertz CT molecular complexity index is 1470. The van der Waals surface area contributed by atoms with Crippen LogP contribution in [0.15, 0.2) is 71.4 Å². The number of carbonyl (C=O) groups is 1. The number of aryl methyl sites for hydroxylation is 1. The Balaban J connectivity index is 1.79. The third-order valence-electron chi connectivity index (χ3n) is 5.93. The van der Waals surface area contributed by atoms with E-state index in [1.807, 2.05) is 48.5 Å². The van der Waals surface area contributed by atoms with E-state index in [0.29, 0.717) is 47.1 Å². The minimum atomic E-state index is -0.117. The highest BCUT2D eigenvalue weighted by atomic mass is 32.1. The zero-order valence-electron chi connectivity index (χ0n) is 19.6. The summed E-state index contributed by atoms with van der Waals surface area (Å²) in [5.74, 6) is 0.869. The van der Waals surface area contributed by atoms with Gasteiger partial charge in [-0.3, -0.25) is 4.79 Å². The second-order valence-electron chi connectivity index (χ2n) is 8.19. The molecule has 1 amide bonds. The maximum absolute atomic E-state index is 12.0.